The summed E-state index contributed by atoms with van der Waals surface area (Å²) in [6.07, 6.45) is 0.729. The van der Waals surface area contributed by atoms with E-state index in [1.807, 2.05) is 23.6 Å². The first-order chi connectivity index (χ1) is 11.9. The molecule has 25 heavy (non-hydrogen) atoms. The van der Waals surface area contributed by atoms with Gasteiger partial charge in [0.2, 0.25) is 5.91 Å². The van der Waals surface area contributed by atoms with Gasteiger partial charge in [0.05, 0.1) is 18.3 Å². The van der Waals surface area contributed by atoms with E-state index in [2.05, 4.69) is 22.2 Å². The molecule has 1 aliphatic rings. The van der Waals surface area contributed by atoms with E-state index in [0.717, 1.165) is 29.0 Å². The largest absolute Gasteiger partial charge is 0.493 e. The Morgan fingerprint density at radius 1 is 1.36 bits per heavy atom. The minimum Gasteiger partial charge on any atom is -0.493 e. The molecule has 0 spiro atoms. The summed E-state index contributed by atoms with van der Waals surface area (Å²) in [6, 6.07) is 5.73. The lowest BCUT2D eigenvalue weighted by Gasteiger charge is -2.26. The average molecular weight is 357 g/mol. The number of anilines is 1. The molecule has 0 bridgehead atoms. The van der Waals surface area contributed by atoms with Crippen LogP contribution in [0.5, 0.6) is 5.75 Å². The van der Waals surface area contributed by atoms with Gasteiger partial charge in [0.25, 0.3) is 5.91 Å². The lowest BCUT2D eigenvalue weighted by atomic mass is 9.97. The van der Waals surface area contributed by atoms with E-state index in [4.69, 9.17) is 4.74 Å². The molecule has 0 fully saturated rings. The predicted molar refractivity (Wildman–Crippen MR) is 97.7 cm³/mol. The Kier molecular flexibility index (Phi) is 4.85. The van der Waals surface area contributed by atoms with Crippen molar-refractivity contribution in [3.63, 3.8) is 0 Å². The van der Waals surface area contributed by atoms with Gasteiger partial charge in [0.15, 0.2) is 5.13 Å². The summed E-state index contributed by atoms with van der Waals surface area (Å²) < 4.78 is 5.67. The highest BCUT2D eigenvalue weighted by molar-refractivity contribution is 7.14. The van der Waals surface area contributed by atoms with E-state index in [1.165, 1.54) is 18.3 Å². The van der Waals surface area contributed by atoms with Gasteiger partial charge in [-0.2, -0.15) is 0 Å². The van der Waals surface area contributed by atoms with Crippen LogP contribution in [-0.4, -0.2) is 23.4 Å². The van der Waals surface area contributed by atoms with Gasteiger partial charge >= 0.3 is 0 Å². The lowest BCUT2D eigenvalue weighted by molar-refractivity contribution is -0.120. The summed E-state index contributed by atoms with van der Waals surface area (Å²) in [7, 11) is 0. The highest BCUT2D eigenvalue weighted by Gasteiger charge is 2.23. The van der Waals surface area contributed by atoms with Crippen molar-refractivity contribution in [3.05, 3.63) is 41.3 Å². The van der Waals surface area contributed by atoms with Crippen molar-refractivity contribution >= 4 is 28.3 Å². The van der Waals surface area contributed by atoms with Gasteiger partial charge < -0.3 is 10.1 Å². The molecule has 1 aromatic heterocycles. The highest BCUT2D eigenvalue weighted by atomic mass is 32.1. The second kappa shape index (κ2) is 7.06. The third-order valence-corrected chi connectivity index (χ3v) is 4.59. The van der Waals surface area contributed by atoms with Crippen molar-refractivity contribution in [1.82, 2.24) is 10.3 Å². The van der Waals surface area contributed by atoms with E-state index in [1.54, 1.807) is 6.92 Å². The fraction of sp³-hybridized carbons (Fsp3) is 0.278. The van der Waals surface area contributed by atoms with E-state index < -0.39 is 0 Å². The van der Waals surface area contributed by atoms with Gasteiger partial charge in [-0.1, -0.05) is 6.58 Å². The molecule has 1 aromatic carbocycles. The first-order valence-electron chi connectivity index (χ1n) is 7.90. The van der Waals surface area contributed by atoms with Crippen molar-refractivity contribution in [3.8, 4) is 17.0 Å². The van der Waals surface area contributed by atoms with Crippen molar-refractivity contribution in [2.75, 3.05) is 11.9 Å². The molecule has 2 heterocycles. The molecule has 1 unspecified atom stereocenters. The van der Waals surface area contributed by atoms with E-state index >= 15 is 0 Å². The number of nitrogens with zero attached hydrogens (tertiary/aromatic N) is 1. The van der Waals surface area contributed by atoms with E-state index in [-0.39, 0.29) is 17.9 Å². The van der Waals surface area contributed by atoms with Gasteiger partial charge in [-0.25, -0.2) is 4.98 Å². The fourth-order valence-corrected chi connectivity index (χ4v) is 3.33. The van der Waals surface area contributed by atoms with Crippen LogP contribution in [0.15, 0.2) is 35.7 Å². The molecule has 0 saturated carbocycles. The molecule has 3 rings (SSSR count). The minimum absolute atomic E-state index is 0.0672. The average Bonchev–Trinajstić information content (AvgIpc) is 3.02. The number of thiazole rings is 1. The molecule has 130 valence electrons. The number of benzene rings is 1. The third-order valence-electron chi connectivity index (χ3n) is 3.83. The second-order valence-corrected chi connectivity index (χ2v) is 6.77. The monoisotopic (exact) mass is 357 g/mol. The van der Waals surface area contributed by atoms with Crippen LogP contribution in [0.4, 0.5) is 5.13 Å². The molecule has 0 aliphatic carbocycles. The summed E-state index contributed by atoms with van der Waals surface area (Å²) >= 11 is 1.35. The Bertz CT molecular complexity index is 844. The van der Waals surface area contributed by atoms with Gasteiger partial charge in [-0.05, 0) is 25.1 Å². The number of nitrogens with one attached hydrogen (secondary N) is 2. The molecule has 2 N–H and O–H groups in total. The van der Waals surface area contributed by atoms with Crippen molar-refractivity contribution in [2.24, 2.45) is 0 Å². The zero-order chi connectivity index (χ0) is 18.0. The minimum atomic E-state index is -0.245. The number of aromatic nitrogens is 1. The predicted octanol–water partition coefficient (Wildman–Crippen LogP) is 3.28. The molecule has 6 nitrogen and oxygen atoms in total. The van der Waals surface area contributed by atoms with Crippen LogP contribution in [0.3, 0.4) is 0 Å². The van der Waals surface area contributed by atoms with Crippen LogP contribution in [0, 0.1) is 0 Å². The number of hydrogen-bond donors (Lipinski definition) is 2. The molecular formula is C18H19N3O3S. The zero-order valence-electron chi connectivity index (χ0n) is 14.1. The number of carbonyl (C=O) groups is 2. The molecule has 1 aliphatic heterocycles. The maximum absolute atomic E-state index is 11.7. The Morgan fingerprint density at radius 3 is 2.88 bits per heavy atom. The summed E-state index contributed by atoms with van der Waals surface area (Å²) in [5.41, 5.74) is 3.05. The van der Waals surface area contributed by atoms with Gasteiger partial charge in [0, 0.05) is 35.4 Å². The van der Waals surface area contributed by atoms with E-state index in [9.17, 15) is 9.59 Å². The molecule has 2 amide bonds. The maximum atomic E-state index is 11.7. The number of carbonyl (C=O) groups excluding carboxylic acids is 2. The highest BCUT2D eigenvalue weighted by Crippen LogP contribution is 2.36. The first kappa shape index (κ1) is 17.2. The Labute approximate surface area is 149 Å². The molecule has 0 radical (unpaired) electrons. The molecular weight excluding hydrogens is 338 g/mol. The summed E-state index contributed by atoms with van der Waals surface area (Å²) in [5, 5.41) is 8.08. The summed E-state index contributed by atoms with van der Waals surface area (Å²) in [6.45, 7) is 7.35. The lowest BCUT2D eigenvalue weighted by Crippen LogP contribution is -2.30. The van der Waals surface area contributed by atoms with Crippen LogP contribution in [0.2, 0.25) is 0 Å². The maximum Gasteiger partial charge on any atom is 0.252 e. The topological polar surface area (TPSA) is 80.3 Å². The number of rotatable bonds is 4. The second-order valence-electron chi connectivity index (χ2n) is 5.92. The molecule has 7 heteroatoms. The number of hydrogen-bond acceptors (Lipinski definition) is 5. The number of fused-ring (bicyclic) bond motifs is 1. The Hall–Kier alpha value is -2.67. The van der Waals surface area contributed by atoms with Crippen LogP contribution in [0.1, 0.15) is 31.9 Å². The quantitative estimate of drug-likeness (QED) is 0.823. The smallest absolute Gasteiger partial charge is 0.252 e. The van der Waals surface area contributed by atoms with Gasteiger partial charge in [-0.15, -0.1) is 11.3 Å². The Morgan fingerprint density at radius 2 is 2.16 bits per heavy atom. The third kappa shape index (κ3) is 3.88. The normalized spacial score (nSPS) is 15.7. The summed E-state index contributed by atoms with van der Waals surface area (Å²) in [4.78, 5) is 27.6. The van der Waals surface area contributed by atoms with Crippen LogP contribution in [0.25, 0.3) is 11.3 Å². The van der Waals surface area contributed by atoms with Crippen LogP contribution >= 0.6 is 11.3 Å². The number of ether oxygens (including phenoxy) is 1. The van der Waals surface area contributed by atoms with E-state index in [0.29, 0.717) is 17.3 Å². The van der Waals surface area contributed by atoms with Gasteiger partial charge in [-0.3, -0.25) is 14.9 Å². The first-order valence-corrected chi connectivity index (χ1v) is 8.78. The number of amides is 2. The SMILES string of the molecule is C=C(C)C(=O)Nc1nc(-c2ccc3c(c2)C(NC(C)=O)CCO3)cs1. The van der Waals surface area contributed by atoms with Crippen LogP contribution in [-0.2, 0) is 9.59 Å². The fourth-order valence-electron chi connectivity index (χ4n) is 2.62. The van der Waals surface area contributed by atoms with Gasteiger partial charge in [0.1, 0.15) is 5.75 Å². The van der Waals surface area contributed by atoms with Crippen molar-refractivity contribution < 1.29 is 14.3 Å². The summed E-state index contributed by atoms with van der Waals surface area (Å²) in [5.74, 6) is 0.465. The van der Waals surface area contributed by atoms with Crippen molar-refractivity contribution in [2.45, 2.75) is 26.3 Å². The zero-order valence-corrected chi connectivity index (χ0v) is 14.9. The van der Waals surface area contributed by atoms with Crippen molar-refractivity contribution in [1.29, 1.82) is 0 Å². The molecule has 1 atom stereocenters. The standard InChI is InChI=1S/C18H19N3O3S/c1-10(2)17(23)21-18-20-15(9-25-18)12-4-5-16-13(8-12)14(6-7-24-16)19-11(3)22/h4-5,8-9,14H,1,6-7H2,2-3H3,(H,19,22)(H,20,21,23). The Balaban J connectivity index is 1.86. The van der Waals surface area contributed by atoms with Crippen LogP contribution < -0.4 is 15.4 Å². The molecule has 2 aromatic rings. The molecule has 0 saturated heterocycles.